The van der Waals surface area contributed by atoms with Crippen LogP contribution in [0.4, 0.5) is 0 Å². The van der Waals surface area contributed by atoms with Crippen LogP contribution in [0.25, 0.3) is 0 Å². The van der Waals surface area contributed by atoms with Gasteiger partial charge in [-0.05, 0) is 44.5 Å². The molecule has 0 aliphatic rings. The largest absolute Gasteiger partial charge is 0.325 e. The van der Waals surface area contributed by atoms with Gasteiger partial charge in [-0.25, -0.2) is 0 Å². The highest BCUT2D eigenvalue weighted by Gasteiger charge is 2.10. The predicted octanol–water partition coefficient (Wildman–Crippen LogP) is 3.48. The summed E-state index contributed by atoms with van der Waals surface area (Å²) >= 11 is 7.70. The Morgan fingerprint density at radius 3 is 2.57 bits per heavy atom. The molecule has 0 saturated carbocycles. The van der Waals surface area contributed by atoms with Crippen LogP contribution in [0.5, 0.6) is 0 Å². The van der Waals surface area contributed by atoms with Crippen molar-refractivity contribution in [3.63, 3.8) is 0 Å². The van der Waals surface area contributed by atoms with Crippen molar-refractivity contribution >= 4 is 23.4 Å². The molecule has 0 aliphatic heterocycles. The third-order valence-corrected chi connectivity index (χ3v) is 3.64. The van der Waals surface area contributed by atoms with Crippen LogP contribution in [0.15, 0.2) is 23.1 Å². The molecule has 1 aromatic rings. The summed E-state index contributed by atoms with van der Waals surface area (Å²) in [6.07, 6.45) is 0. The molecule has 0 amide bonds. The summed E-state index contributed by atoms with van der Waals surface area (Å²) in [7, 11) is 0. The first-order chi connectivity index (χ1) is 6.38. The normalized spacial score (nSPS) is 11.8. The molecule has 3 heteroatoms. The van der Waals surface area contributed by atoms with E-state index in [4.69, 9.17) is 17.3 Å². The van der Waals surface area contributed by atoms with Crippen molar-refractivity contribution in [1.29, 1.82) is 0 Å². The highest BCUT2D eigenvalue weighted by atomic mass is 35.5. The first kappa shape index (κ1) is 11.9. The van der Waals surface area contributed by atoms with Crippen molar-refractivity contribution in [2.24, 2.45) is 5.73 Å². The predicted molar refractivity (Wildman–Crippen MR) is 65.2 cm³/mol. The highest BCUT2D eigenvalue weighted by molar-refractivity contribution is 7.99. The summed E-state index contributed by atoms with van der Waals surface area (Å²) in [4.78, 5) is 1.23. The topological polar surface area (TPSA) is 26.0 Å². The van der Waals surface area contributed by atoms with E-state index in [2.05, 4.69) is 6.07 Å². The van der Waals surface area contributed by atoms with E-state index in [0.717, 1.165) is 16.3 Å². The van der Waals surface area contributed by atoms with E-state index in [9.17, 15) is 0 Å². The number of benzene rings is 1. The van der Waals surface area contributed by atoms with Crippen LogP contribution >= 0.6 is 23.4 Å². The third kappa shape index (κ3) is 3.91. The molecule has 1 nitrogen and oxygen atoms in total. The van der Waals surface area contributed by atoms with Gasteiger partial charge in [0.05, 0.1) is 0 Å². The van der Waals surface area contributed by atoms with E-state index in [1.54, 1.807) is 11.8 Å². The Bertz CT molecular complexity index is 318. The highest BCUT2D eigenvalue weighted by Crippen LogP contribution is 2.25. The molecule has 0 heterocycles. The fourth-order valence-electron chi connectivity index (χ4n) is 0.976. The summed E-state index contributed by atoms with van der Waals surface area (Å²) in [5, 5.41) is 0.821. The maximum absolute atomic E-state index is 5.94. The van der Waals surface area contributed by atoms with Crippen molar-refractivity contribution in [2.45, 2.75) is 31.2 Å². The Morgan fingerprint density at radius 2 is 2.07 bits per heavy atom. The van der Waals surface area contributed by atoms with Gasteiger partial charge in [0.15, 0.2) is 0 Å². The molecule has 0 aromatic heterocycles. The van der Waals surface area contributed by atoms with Gasteiger partial charge in [0.25, 0.3) is 0 Å². The molecule has 1 aromatic carbocycles. The monoisotopic (exact) mass is 229 g/mol. The van der Waals surface area contributed by atoms with Crippen molar-refractivity contribution in [1.82, 2.24) is 0 Å². The zero-order valence-corrected chi connectivity index (χ0v) is 10.4. The number of nitrogens with two attached hydrogens (primary N) is 1. The van der Waals surface area contributed by atoms with Crippen molar-refractivity contribution < 1.29 is 0 Å². The van der Waals surface area contributed by atoms with E-state index in [0.29, 0.717) is 0 Å². The van der Waals surface area contributed by atoms with Crippen molar-refractivity contribution in [2.75, 3.05) is 5.75 Å². The lowest BCUT2D eigenvalue weighted by Gasteiger charge is -2.17. The Labute approximate surface area is 95.0 Å². The Morgan fingerprint density at radius 1 is 1.43 bits per heavy atom. The molecule has 0 aliphatic carbocycles. The molecule has 0 fully saturated rings. The standard InChI is InChI=1S/C11H16ClNS/c1-8-6-9(4-5-10(8)12)14-7-11(2,3)13/h4-6H,7,13H2,1-3H3. The van der Waals surface area contributed by atoms with E-state index >= 15 is 0 Å². The van der Waals surface area contributed by atoms with Crippen LogP contribution in [-0.4, -0.2) is 11.3 Å². The zero-order chi connectivity index (χ0) is 10.8. The SMILES string of the molecule is Cc1cc(SCC(C)(C)N)ccc1Cl. The molecule has 2 N–H and O–H groups in total. The second kappa shape index (κ2) is 4.56. The van der Waals surface area contributed by atoms with Gasteiger partial charge in [-0.1, -0.05) is 11.6 Å². The Kier molecular flexibility index (Phi) is 3.87. The van der Waals surface area contributed by atoms with Crippen LogP contribution in [0, 0.1) is 6.92 Å². The molecule has 0 spiro atoms. The van der Waals surface area contributed by atoms with E-state index < -0.39 is 0 Å². The lowest BCUT2D eigenvalue weighted by molar-refractivity contribution is 0.591. The van der Waals surface area contributed by atoms with E-state index in [1.165, 1.54) is 4.90 Å². The summed E-state index contributed by atoms with van der Waals surface area (Å²) in [6, 6.07) is 6.06. The van der Waals surface area contributed by atoms with Crippen LogP contribution < -0.4 is 5.73 Å². The molecule has 0 bridgehead atoms. The number of rotatable bonds is 3. The Hall–Kier alpha value is -0.180. The number of hydrogen-bond donors (Lipinski definition) is 1. The first-order valence-corrected chi connectivity index (χ1v) is 5.93. The minimum Gasteiger partial charge on any atom is -0.325 e. The summed E-state index contributed by atoms with van der Waals surface area (Å²) in [6.45, 7) is 6.07. The van der Waals surface area contributed by atoms with Gasteiger partial charge in [-0.15, -0.1) is 11.8 Å². The molecule has 0 radical (unpaired) electrons. The zero-order valence-electron chi connectivity index (χ0n) is 8.80. The van der Waals surface area contributed by atoms with E-state index in [1.807, 2.05) is 32.9 Å². The molecule has 0 saturated heterocycles. The molecule has 78 valence electrons. The average Bonchev–Trinajstić information content (AvgIpc) is 2.06. The summed E-state index contributed by atoms with van der Waals surface area (Å²) in [5.74, 6) is 0.911. The number of aryl methyl sites for hydroxylation is 1. The maximum Gasteiger partial charge on any atom is 0.0435 e. The fraction of sp³-hybridized carbons (Fsp3) is 0.455. The van der Waals surface area contributed by atoms with Gasteiger partial charge >= 0.3 is 0 Å². The third-order valence-electron chi connectivity index (χ3n) is 1.74. The van der Waals surface area contributed by atoms with Gasteiger partial charge in [0, 0.05) is 21.2 Å². The van der Waals surface area contributed by atoms with Crippen LogP contribution in [0.3, 0.4) is 0 Å². The fourth-order valence-corrected chi connectivity index (χ4v) is 2.06. The molecule has 0 atom stereocenters. The van der Waals surface area contributed by atoms with Crippen molar-refractivity contribution in [3.8, 4) is 0 Å². The second-order valence-electron chi connectivity index (χ2n) is 4.19. The first-order valence-electron chi connectivity index (χ1n) is 4.56. The van der Waals surface area contributed by atoms with Crippen LogP contribution in [-0.2, 0) is 0 Å². The smallest absolute Gasteiger partial charge is 0.0435 e. The number of thioether (sulfide) groups is 1. The van der Waals surface area contributed by atoms with Gasteiger partial charge in [-0.2, -0.15) is 0 Å². The quantitative estimate of drug-likeness (QED) is 0.804. The van der Waals surface area contributed by atoms with Gasteiger partial charge in [0.2, 0.25) is 0 Å². The maximum atomic E-state index is 5.94. The summed E-state index contributed by atoms with van der Waals surface area (Å²) in [5.41, 5.74) is 6.89. The average molecular weight is 230 g/mol. The molecule has 1 rings (SSSR count). The number of halogens is 1. The molecular formula is C11H16ClNS. The molecule has 0 unspecified atom stereocenters. The van der Waals surface area contributed by atoms with Gasteiger partial charge in [-0.3, -0.25) is 0 Å². The van der Waals surface area contributed by atoms with Crippen LogP contribution in [0.2, 0.25) is 5.02 Å². The minimum atomic E-state index is -0.127. The lowest BCUT2D eigenvalue weighted by atomic mass is 10.1. The van der Waals surface area contributed by atoms with Gasteiger partial charge in [0.1, 0.15) is 0 Å². The minimum absolute atomic E-state index is 0.127. The molecule has 14 heavy (non-hydrogen) atoms. The number of hydrogen-bond acceptors (Lipinski definition) is 2. The molecular weight excluding hydrogens is 214 g/mol. The lowest BCUT2D eigenvalue weighted by Crippen LogP contribution is -2.34. The van der Waals surface area contributed by atoms with Gasteiger partial charge < -0.3 is 5.73 Å². The van der Waals surface area contributed by atoms with Crippen LogP contribution in [0.1, 0.15) is 19.4 Å². The summed E-state index contributed by atoms with van der Waals surface area (Å²) < 4.78 is 0. The van der Waals surface area contributed by atoms with Crippen molar-refractivity contribution in [3.05, 3.63) is 28.8 Å². The Balaban J connectivity index is 2.65. The van der Waals surface area contributed by atoms with E-state index in [-0.39, 0.29) is 5.54 Å². The second-order valence-corrected chi connectivity index (χ2v) is 5.64.